The third-order valence-electron chi connectivity index (χ3n) is 3.83. The second kappa shape index (κ2) is 8.38. The molecule has 0 bridgehead atoms. The van der Waals surface area contributed by atoms with Gasteiger partial charge in [0, 0.05) is 17.1 Å². The predicted molar refractivity (Wildman–Crippen MR) is 116 cm³/mol. The molecule has 0 saturated heterocycles. The van der Waals surface area contributed by atoms with E-state index in [1.807, 2.05) is 0 Å². The van der Waals surface area contributed by atoms with Crippen molar-refractivity contribution in [1.82, 2.24) is 9.97 Å². The fraction of sp³-hybridized carbons (Fsp3) is 0.111. The molecule has 0 aliphatic heterocycles. The van der Waals surface area contributed by atoms with Crippen molar-refractivity contribution in [3.8, 4) is 0 Å². The maximum atomic E-state index is 12.6. The number of benzene rings is 2. The Morgan fingerprint density at radius 3 is 1.80 bits per heavy atom. The quantitative estimate of drug-likeness (QED) is 0.543. The van der Waals surface area contributed by atoms with E-state index in [0.717, 1.165) is 0 Å². The van der Waals surface area contributed by atoms with Crippen LogP contribution in [0.15, 0.2) is 58.3 Å². The molecule has 0 amide bonds. The SMILES string of the molecule is Cc1cc(C)nc(NS(=O)(=O)c2ccc(NS(=O)(=O)c3ccc(Cl)c(Cl)c3)cc2)n1. The van der Waals surface area contributed by atoms with E-state index in [9.17, 15) is 16.8 Å². The number of anilines is 2. The molecule has 0 aliphatic carbocycles. The first kappa shape index (κ1) is 22.3. The van der Waals surface area contributed by atoms with E-state index in [1.54, 1.807) is 19.9 Å². The van der Waals surface area contributed by atoms with Crippen LogP contribution in [0.2, 0.25) is 10.0 Å². The molecule has 3 rings (SSSR count). The molecule has 3 aromatic rings. The lowest BCUT2D eigenvalue weighted by Gasteiger charge is -2.11. The van der Waals surface area contributed by atoms with Crippen LogP contribution in [0, 0.1) is 13.8 Å². The van der Waals surface area contributed by atoms with Gasteiger partial charge in [-0.1, -0.05) is 23.2 Å². The highest BCUT2D eigenvalue weighted by Crippen LogP contribution is 2.26. The molecule has 1 heterocycles. The zero-order valence-corrected chi connectivity index (χ0v) is 18.9. The van der Waals surface area contributed by atoms with Crippen molar-refractivity contribution in [3.05, 3.63) is 70.0 Å². The van der Waals surface area contributed by atoms with Crippen LogP contribution in [-0.4, -0.2) is 26.8 Å². The number of aromatic nitrogens is 2. The van der Waals surface area contributed by atoms with Crippen molar-refractivity contribution < 1.29 is 16.8 Å². The minimum absolute atomic E-state index is 0.0445. The molecule has 1 aromatic heterocycles. The average molecular weight is 487 g/mol. The summed E-state index contributed by atoms with van der Waals surface area (Å²) in [4.78, 5) is 7.93. The van der Waals surface area contributed by atoms with E-state index in [4.69, 9.17) is 23.2 Å². The number of nitrogens with one attached hydrogen (secondary N) is 2. The summed E-state index contributed by atoms with van der Waals surface area (Å²) >= 11 is 11.7. The number of halogens is 2. The molecule has 2 N–H and O–H groups in total. The molecular weight excluding hydrogens is 471 g/mol. The lowest BCUT2D eigenvalue weighted by molar-refractivity contribution is 0.599. The first-order chi connectivity index (χ1) is 14.0. The van der Waals surface area contributed by atoms with Gasteiger partial charge in [-0.3, -0.25) is 4.72 Å². The average Bonchev–Trinajstić information content (AvgIpc) is 2.62. The Kier molecular flexibility index (Phi) is 6.23. The molecular formula is C18H16Cl2N4O4S2. The third-order valence-corrected chi connectivity index (χ3v) is 7.29. The van der Waals surface area contributed by atoms with Crippen LogP contribution < -0.4 is 9.44 Å². The first-order valence-corrected chi connectivity index (χ1v) is 12.1. The van der Waals surface area contributed by atoms with E-state index in [2.05, 4.69) is 19.4 Å². The van der Waals surface area contributed by atoms with Gasteiger partial charge in [-0.2, -0.15) is 0 Å². The zero-order valence-electron chi connectivity index (χ0n) is 15.7. The van der Waals surface area contributed by atoms with Gasteiger partial charge >= 0.3 is 0 Å². The van der Waals surface area contributed by atoms with E-state index < -0.39 is 20.0 Å². The van der Waals surface area contributed by atoms with E-state index >= 15 is 0 Å². The molecule has 0 fully saturated rings. The van der Waals surface area contributed by atoms with Crippen molar-refractivity contribution in [1.29, 1.82) is 0 Å². The van der Waals surface area contributed by atoms with Gasteiger partial charge in [0.1, 0.15) is 0 Å². The molecule has 0 atom stereocenters. The van der Waals surface area contributed by atoms with E-state index in [-0.39, 0.29) is 31.5 Å². The van der Waals surface area contributed by atoms with Crippen LogP contribution in [0.5, 0.6) is 0 Å². The molecule has 0 aliphatic rings. The molecule has 158 valence electrons. The highest BCUT2D eigenvalue weighted by molar-refractivity contribution is 7.93. The summed E-state index contributed by atoms with van der Waals surface area (Å²) in [6.45, 7) is 3.45. The highest BCUT2D eigenvalue weighted by Gasteiger charge is 2.18. The Balaban J connectivity index is 1.80. The fourth-order valence-electron chi connectivity index (χ4n) is 2.51. The molecule has 12 heteroatoms. The summed E-state index contributed by atoms with van der Waals surface area (Å²) in [6.07, 6.45) is 0. The van der Waals surface area contributed by atoms with Crippen LogP contribution in [0.1, 0.15) is 11.4 Å². The summed E-state index contributed by atoms with van der Waals surface area (Å²) in [7, 11) is -7.89. The second-order valence-electron chi connectivity index (χ2n) is 6.29. The predicted octanol–water partition coefficient (Wildman–Crippen LogP) is 4.00. The van der Waals surface area contributed by atoms with Crippen molar-refractivity contribution in [2.45, 2.75) is 23.6 Å². The fourth-order valence-corrected chi connectivity index (χ4v) is 4.90. The third kappa shape index (κ3) is 5.20. The zero-order chi connectivity index (χ0) is 22.1. The summed E-state index contributed by atoms with van der Waals surface area (Å²) in [5, 5.41) is 0.325. The lowest BCUT2D eigenvalue weighted by atomic mass is 10.3. The Hall–Kier alpha value is -2.40. The van der Waals surface area contributed by atoms with Gasteiger partial charge in [-0.15, -0.1) is 0 Å². The second-order valence-corrected chi connectivity index (χ2v) is 10.5. The summed E-state index contributed by atoms with van der Waals surface area (Å²) in [5.41, 5.74) is 1.40. The molecule has 8 nitrogen and oxygen atoms in total. The first-order valence-electron chi connectivity index (χ1n) is 8.39. The van der Waals surface area contributed by atoms with Crippen LogP contribution in [0.25, 0.3) is 0 Å². The topological polar surface area (TPSA) is 118 Å². The van der Waals surface area contributed by atoms with Gasteiger partial charge in [-0.25, -0.2) is 31.5 Å². The van der Waals surface area contributed by atoms with Crippen molar-refractivity contribution >= 4 is 54.9 Å². The molecule has 0 spiro atoms. The van der Waals surface area contributed by atoms with Crippen LogP contribution in [-0.2, 0) is 20.0 Å². The molecule has 30 heavy (non-hydrogen) atoms. The molecule has 0 unspecified atom stereocenters. The lowest BCUT2D eigenvalue weighted by Crippen LogP contribution is -2.16. The smallest absolute Gasteiger partial charge is 0.264 e. The van der Waals surface area contributed by atoms with Gasteiger partial charge in [-0.05, 0) is 62.4 Å². The number of nitrogens with zero attached hydrogens (tertiary/aromatic N) is 2. The number of hydrogen-bond donors (Lipinski definition) is 2. The van der Waals surface area contributed by atoms with Crippen LogP contribution in [0.4, 0.5) is 11.6 Å². The maximum absolute atomic E-state index is 12.6. The van der Waals surface area contributed by atoms with Gasteiger partial charge in [0.25, 0.3) is 20.0 Å². The van der Waals surface area contributed by atoms with Gasteiger partial charge < -0.3 is 0 Å². The van der Waals surface area contributed by atoms with E-state index in [1.165, 1.54) is 42.5 Å². The summed E-state index contributed by atoms with van der Waals surface area (Å²) < 4.78 is 54.8. The molecule has 0 saturated carbocycles. The van der Waals surface area contributed by atoms with Gasteiger partial charge in [0.15, 0.2) is 0 Å². The Bertz CT molecular complexity index is 1290. The van der Waals surface area contributed by atoms with Crippen molar-refractivity contribution in [2.75, 3.05) is 9.44 Å². The largest absolute Gasteiger partial charge is 0.280 e. The van der Waals surface area contributed by atoms with E-state index in [0.29, 0.717) is 11.4 Å². The summed E-state index contributed by atoms with van der Waals surface area (Å²) in [5.74, 6) is -0.0445. The Morgan fingerprint density at radius 2 is 1.23 bits per heavy atom. The van der Waals surface area contributed by atoms with Crippen LogP contribution in [0.3, 0.4) is 0 Å². The highest BCUT2D eigenvalue weighted by atomic mass is 35.5. The number of hydrogen-bond acceptors (Lipinski definition) is 6. The number of aryl methyl sites for hydroxylation is 2. The minimum atomic E-state index is -3.95. The Labute approximate surface area is 184 Å². The van der Waals surface area contributed by atoms with Crippen LogP contribution >= 0.6 is 23.2 Å². The minimum Gasteiger partial charge on any atom is -0.280 e. The summed E-state index contributed by atoms with van der Waals surface area (Å²) in [6, 6.07) is 10.8. The number of rotatable bonds is 6. The van der Waals surface area contributed by atoms with Crippen molar-refractivity contribution in [2.24, 2.45) is 0 Å². The number of sulfonamides is 2. The molecule has 2 aromatic carbocycles. The maximum Gasteiger partial charge on any atom is 0.264 e. The normalized spacial score (nSPS) is 11.9. The molecule has 0 radical (unpaired) electrons. The van der Waals surface area contributed by atoms with Crippen molar-refractivity contribution in [3.63, 3.8) is 0 Å². The van der Waals surface area contributed by atoms with Gasteiger partial charge in [0.2, 0.25) is 5.95 Å². The monoisotopic (exact) mass is 486 g/mol. The standard InChI is InChI=1S/C18H16Cl2N4O4S2/c1-11-9-12(2)22-18(21-11)24-29(25,26)14-5-3-13(4-6-14)23-30(27,28)15-7-8-16(19)17(20)10-15/h3-10,23H,1-2H3,(H,21,22,24). The van der Waals surface area contributed by atoms with Gasteiger partial charge in [0.05, 0.1) is 19.8 Å². The Morgan fingerprint density at radius 1 is 0.700 bits per heavy atom.